The normalized spacial score (nSPS) is 24.6. The first-order valence-corrected chi connectivity index (χ1v) is 6.50. The Morgan fingerprint density at radius 2 is 2.29 bits per heavy atom. The average Bonchev–Trinajstić information content (AvgIpc) is 2.39. The molecule has 1 aliphatic heterocycles. The molecule has 1 aromatic carbocycles. The minimum Gasteiger partial charge on any atom is -0.316 e. The SMILES string of the molecule is CCc1cccc(C(=O)C2(C)CCCNC2)c1. The first kappa shape index (κ1) is 12.3. The number of nitrogens with one attached hydrogen (secondary N) is 1. The van der Waals surface area contributed by atoms with E-state index in [1.165, 1.54) is 5.56 Å². The Kier molecular flexibility index (Phi) is 3.63. The summed E-state index contributed by atoms with van der Waals surface area (Å²) >= 11 is 0. The molecule has 1 aromatic rings. The molecule has 92 valence electrons. The molecule has 2 rings (SSSR count). The highest BCUT2D eigenvalue weighted by Crippen LogP contribution is 2.30. The molecule has 2 nitrogen and oxygen atoms in total. The summed E-state index contributed by atoms with van der Waals surface area (Å²) < 4.78 is 0. The molecule has 0 spiro atoms. The van der Waals surface area contributed by atoms with Crippen LogP contribution in [0.4, 0.5) is 0 Å². The van der Waals surface area contributed by atoms with Gasteiger partial charge in [0.1, 0.15) is 0 Å². The molecule has 0 amide bonds. The van der Waals surface area contributed by atoms with Crippen molar-refractivity contribution in [2.45, 2.75) is 33.1 Å². The average molecular weight is 231 g/mol. The zero-order valence-electron chi connectivity index (χ0n) is 10.8. The number of hydrogen-bond donors (Lipinski definition) is 1. The van der Waals surface area contributed by atoms with Crippen molar-refractivity contribution in [1.29, 1.82) is 0 Å². The number of ketones is 1. The van der Waals surface area contributed by atoms with Gasteiger partial charge in [0, 0.05) is 17.5 Å². The van der Waals surface area contributed by atoms with Gasteiger partial charge in [-0.2, -0.15) is 0 Å². The molecule has 1 unspecified atom stereocenters. The predicted octanol–water partition coefficient (Wildman–Crippen LogP) is 2.82. The lowest BCUT2D eigenvalue weighted by Gasteiger charge is -2.32. The van der Waals surface area contributed by atoms with Crippen molar-refractivity contribution in [1.82, 2.24) is 5.32 Å². The van der Waals surface area contributed by atoms with Gasteiger partial charge in [0.05, 0.1) is 0 Å². The van der Waals surface area contributed by atoms with Gasteiger partial charge in [-0.3, -0.25) is 4.79 Å². The molecule has 0 aromatic heterocycles. The highest BCUT2D eigenvalue weighted by atomic mass is 16.1. The topological polar surface area (TPSA) is 29.1 Å². The van der Waals surface area contributed by atoms with E-state index in [-0.39, 0.29) is 5.41 Å². The Morgan fingerprint density at radius 3 is 2.94 bits per heavy atom. The summed E-state index contributed by atoms with van der Waals surface area (Å²) in [4.78, 5) is 12.5. The van der Waals surface area contributed by atoms with Crippen molar-refractivity contribution in [3.8, 4) is 0 Å². The van der Waals surface area contributed by atoms with Crippen molar-refractivity contribution in [2.24, 2.45) is 5.41 Å². The quantitative estimate of drug-likeness (QED) is 0.810. The molecule has 0 bridgehead atoms. The van der Waals surface area contributed by atoms with Gasteiger partial charge in [0.25, 0.3) is 0 Å². The Labute approximate surface area is 103 Å². The zero-order chi connectivity index (χ0) is 12.3. The fourth-order valence-electron chi connectivity index (χ4n) is 2.53. The lowest BCUT2D eigenvalue weighted by molar-refractivity contribution is 0.0773. The number of aryl methyl sites for hydroxylation is 1. The van der Waals surface area contributed by atoms with E-state index in [9.17, 15) is 4.79 Å². The van der Waals surface area contributed by atoms with Gasteiger partial charge in [-0.05, 0) is 37.4 Å². The molecule has 1 aliphatic rings. The third-order valence-corrected chi connectivity index (χ3v) is 3.74. The second-order valence-electron chi connectivity index (χ2n) is 5.22. The van der Waals surface area contributed by atoms with Crippen LogP contribution in [0, 0.1) is 5.41 Å². The summed E-state index contributed by atoms with van der Waals surface area (Å²) in [6.45, 7) is 6.05. The van der Waals surface area contributed by atoms with E-state index in [0.717, 1.165) is 37.9 Å². The van der Waals surface area contributed by atoms with Crippen molar-refractivity contribution in [3.63, 3.8) is 0 Å². The number of Topliss-reactive ketones (excluding diaryl/α,β-unsaturated/α-hetero) is 1. The Bertz CT molecular complexity index is 405. The first-order valence-electron chi connectivity index (χ1n) is 6.50. The molecule has 1 fully saturated rings. The van der Waals surface area contributed by atoms with Crippen LogP contribution in [0.2, 0.25) is 0 Å². The minimum atomic E-state index is -0.218. The van der Waals surface area contributed by atoms with E-state index in [1.54, 1.807) is 0 Å². The number of rotatable bonds is 3. The van der Waals surface area contributed by atoms with Gasteiger partial charge < -0.3 is 5.32 Å². The maximum atomic E-state index is 12.5. The van der Waals surface area contributed by atoms with Gasteiger partial charge in [-0.1, -0.05) is 32.0 Å². The molecule has 1 atom stereocenters. The largest absolute Gasteiger partial charge is 0.316 e. The molecule has 1 N–H and O–H groups in total. The molecule has 17 heavy (non-hydrogen) atoms. The summed E-state index contributed by atoms with van der Waals surface area (Å²) in [6, 6.07) is 8.06. The van der Waals surface area contributed by atoms with E-state index >= 15 is 0 Å². The van der Waals surface area contributed by atoms with Crippen LogP contribution in [0.1, 0.15) is 42.6 Å². The standard InChI is InChI=1S/C15H21NO/c1-3-12-6-4-7-13(10-12)14(17)15(2)8-5-9-16-11-15/h4,6-7,10,16H,3,5,8-9,11H2,1-2H3. The lowest BCUT2D eigenvalue weighted by Crippen LogP contribution is -2.43. The van der Waals surface area contributed by atoms with Crippen LogP contribution in [0.5, 0.6) is 0 Å². The molecular formula is C15H21NO. The fourth-order valence-corrected chi connectivity index (χ4v) is 2.53. The van der Waals surface area contributed by atoms with Crippen LogP contribution in [-0.2, 0) is 6.42 Å². The third-order valence-electron chi connectivity index (χ3n) is 3.74. The number of carbonyl (C=O) groups is 1. The molecular weight excluding hydrogens is 210 g/mol. The van der Waals surface area contributed by atoms with Crippen LogP contribution in [0.25, 0.3) is 0 Å². The second-order valence-corrected chi connectivity index (χ2v) is 5.22. The van der Waals surface area contributed by atoms with Gasteiger partial charge in [0.2, 0.25) is 0 Å². The predicted molar refractivity (Wildman–Crippen MR) is 70.4 cm³/mol. The number of benzene rings is 1. The highest BCUT2D eigenvalue weighted by molar-refractivity contribution is 6.00. The monoisotopic (exact) mass is 231 g/mol. The van der Waals surface area contributed by atoms with E-state index < -0.39 is 0 Å². The van der Waals surface area contributed by atoms with Gasteiger partial charge in [0.15, 0.2) is 5.78 Å². The minimum absolute atomic E-state index is 0.218. The Hall–Kier alpha value is -1.15. The Morgan fingerprint density at radius 1 is 1.47 bits per heavy atom. The van der Waals surface area contributed by atoms with Crippen LogP contribution in [-0.4, -0.2) is 18.9 Å². The van der Waals surface area contributed by atoms with Crippen molar-refractivity contribution in [3.05, 3.63) is 35.4 Å². The van der Waals surface area contributed by atoms with Gasteiger partial charge in [-0.15, -0.1) is 0 Å². The van der Waals surface area contributed by atoms with Crippen LogP contribution in [0.15, 0.2) is 24.3 Å². The fraction of sp³-hybridized carbons (Fsp3) is 0.533. The molecule has 0 aliphatic carbocycles. The summed E-state index contributed by atoms with van der Waals surface area (Å²) in [5, 5.41) is 3.33. The van der Waals surface area contributed by atoms with Crippen LogP contribution in [0.3, 0.4) is 0 Å². The van der Waals surface area contributed by atoms with E-state index in [1.807, 2.05) is 18.2 Å². The van der Waals surface area contributed by atoms with E-state index in [0.29, 0.717) is 5.78 Å². The molecule has 0 radical (unpaired) electrons. The van der Waals surface area contributed by atoms with Gasteiger partial charge in [-0.25, -0.2) is 0 Å². The maximum absolute atomic E-state index is 12.5. The number of piperidine rings is 1. The summed E-state index contributed by atoms with van der Waals surface area (Å²) in [5.74, 6) is 0.292. The number of hydrogen-bond acceptors (Lipinski definition) is 2. The van der Waals surface area contributed by atoms with Crippen LogP contribution >= 0.6 is 0 Å². The summed E-state index contributed by atoms with van der Waals surface area (Å²) in [5.41, 5.74) is 1.89. The van der Waals surface area contributed by atoms with Crippen molar-refractivity contribution in [2.75, 3.05) is 13.1 Å². The zero-order valence-corrected chi connectivity index (χ0v) is 10.8. The van der Waals surface area contributed by atoms with Crippen molar-refractivity contribution < 1.29 is 4.79 Å². The highest BCUT2D eigenvalue weighted by Gasteiger charge is 2.34. The summed E-state index contributed by atoms with van der Waals surface area (Å²) in [7, 11) is 0. The molecule has 1 saturated heterocycles. The maximum Gasteiger partial charge on any atom is 0.170 e. The number of carbonyl (C=O) groups excluding carboxylic acids is 1. The second kappa shape index (κ2) is 5.01. The molecule has 1 heterocycles. The summed E-state index contributed by atoms with van der Waals surface area (Å²) in [6.07, 6.45) is 3.07. The van der Waals surface area contributed by atoms with Crippen molar-refractivity contribution >= 4 is 5.78 Å². The Balaban J connectivity index is 2.23. The smallest absolute Gasteiger partial charge is 0.170 e. The first-order chi connectivity index (χ1) is 8.15. The third kappa shape index (κ3) is 2.58. The van der Waals surface area contributed by atoms with Gasteiger partial charge >= 0.3 is 0 Å². The molecule has 0 saturated carbocycles. The van der Waals surface area contributed by atoms with E-state index in [2.05, 4.69) is 25.2 Å². The lowest BCUT2D eigenvalue weighted by atomic mass is 9.76. The van der Waals surface area contributed by atoms with Crippen LogP contribution < -0.4 is 5.32 Å². The van der Waals surface area contributed by atoms with E-state index in [4.69, 9.17) is 0 Å². The molecule has 2 heteroatoms.